The van der Waals surface area contributed by atoms with Crippen LogP contribution in [0, 0.1) is 0 Å². The average Bonchev–Trinajstić information content (AvgIpc) is 2.64. The molecule has 0 radical (unpaired) electrons. The molecule has 0 bridgehead atoms. The Morgan fingerprint density at radius 2 is 2.33 bits per heavy atom. The van der Waals surface area contributed by atoms with E-state index in [1.807, 2.05) is 6.92 Å². The summed E-state index contributed by atoms with van der Waals surface area (Å²) < 4.78 is 6.19. The van der Waals surface area contributed by atoms with Crippen molar-refractivity contribution in [2.75, 3.05) is 13.7 Å². The first-order valence-corrected chi connectivity index (χ1v) is 5.40. The van der Waals surface area contributed by atoms with Gasteiger partial charge in [0.25, 0.3) is 0 Å². The molecule has 1 unspecified atom stereocenters. The van der Waals surface area contributed by atoms with E-state index < -0.39 is 5.97 Å². The maximum absolute atomic E-state index is 11.6. The van der Waals surface area contributed by atoms with E-state index in [0.717, 1.165) is 0 Å². The molecule has 2 N–H and O–H groups in total. The lowest BCUT2D eigenvalue weighted by Gasteiger charge is -2.12. The van der Waals surface area contributed by atoms with Gasteiger partial charge in [0.15, 0.2) is 0 Å². The van der Waals surface area contributed by atoms with E-state index in [1.54, 1.807) is 7.11 Å². The Balaban J connectivity index is 2.44. The topological polar surface area (TPSA) is 106 Å². The fourth-order valence-electron chi connectivity index (χ4n) is 1.41. The number of aliphatic carboxylic acids is 1. The molecule has 100 valence electrons. The van der Waals surface area contributed by atoms with Gasteiger partial charge in [0.2, 0.25) is 5.91 Å². The van der Waals surface area contributed by atoms with Gasteiger partial charge in [-0.15, -0.1) is 5.10 Å². The van der Waals surface area contributed by atoms with Crippen LogP contribution in [0.25, 0.3) is 0 Å². The number of nitrogens with one attached hydrogen (secondary N) is 1. The van der Waals surface area contributed by atoms with Crippen molar-refractivity contribution in [3.05, 3.63) is 11.9 Å². The second-order valence-electron chi connectivity index (χ2n) is 3.90. The molecule has 1 amide bonds. The third kappa shape index (κ3) is 4.91. The molecule has 0 saturated carbocycles. The van der Waals surface area contributed by atoms with Crippen LogP contribution >= 0.6 is 0 Å². The predicted molar refractivity (Wildman–Crippen MR) is 60.8 cm³/mol. The molecule has 0 aliphatic heterocycles. The molecule has 0 spiro atoms. The lowest BCUT2D eigenvalue weighted by atomic mass is 10.3. The van der Waals surface area contributed by atoms with E-state index >= 15 is 0 Å². The second-order valence-corrected chi connectivity index (χ2v) is 3.90. The minimum atomic E-state index is -0.986. The van der Waals surface area contributed by atoms with Crippen molar-refractivity contribution in [2.24, 2.45) is 0 Å². The largest absolute Gasteiger partial charge is 0.481 e. The summed E-state index contributed by atoms with van der Waals surface area (Å²) in [5, 5.41) is 18.6. The summed E-state index contributed by atoms with van der Waals surface area (Å²) in [6.45, 7) is 2.24. The number of hydrogen-bond donors (Lipinski definition) is 2. The SMILES string of the molecule is COCC(C)NC(=O)Cn1cc(CC(=O)O)nn1. The van der Waals surface area contributed by atoms with Crippen LogP contribution in [-0.4, -0.2) is 51.7 Å². The summed E-state index contributed by atoms with van der Waals surface area (Å²) in [5.74, 6) is -1.22. The molecule has 1 rings (SSSR count). The molecule has 8 heteroatoms. The molecule has 18 heavy (non-hydrogen) atoms. The summed E-state index contributed by atoms with van der Waals surface area (Å²) >= 11 is 0. The number of rotatable bonds is 7. The molecule has 0 aliphatic rings. The quantitative estimate of drug-likeness (QED) is 0.652. The molecule has 8 nitrogen and oxygen atoms in total. The highest BCUT2D eigenvalue weighted by Gasteiger charge is 2.10. The van der Waals surface area contributed by atoms with Gasteiger partial charge in [-0.3, -0.25) is 9.59 Å². The number of methoxy groups -OCH3 is 1. The van der Waals surface area contributed by atoms with Crippen LogP contribution in [0.15, 0.2) is 6.20 Å². The van der Waals surface area contributed by atoms with E-state index in [1.165, 1.54) is 10.9 Å². The first-order valence-electron chi connectivity index (χ1n) is 5.40. The van der Waals surface area contributed by atoms with Crippen molar-refractivity contribution in [1.29, 1.82) is 0 Å². The van der Waals surface area contributed by atoms with Crippen molar-refractivity contribution in [3.63, 3.8) is 0 Å². The Bertz CT molecular complexity index is 418. The standard InChI is InChI=1S/C10H16N4O4/c1-7(6-18-2)11-9(15)5-14-4-8(12-13-14)3-10(16)17/h4,7H,3,5-6H2,1-2H3,(H,11,15)(H,16,17). The van der Waals surface area contributed by atoms with Crippen molar-refractivity contribution >= 4 is 11.9 Å². The van der Waals surface area contributed by atoms with Crippen LogP contribution in [0.4, 0.5) is 0 Å². The van der Waals surface area contributed by atoms with Crippen LogP contribution in [0.5, 0.6) is 0 Å². The van der Waals surface area contributed by atoms with Crippen LogP contribution < -0.4 is 5.32 Å². The van der Waals surface area contributed by atoms with Gasteiger partial charge >= 0.3 is 5.97 Å². The van der Waals surface area contributed by atoms with Crippen molar-refractivity contribution in [2.45, 2.75) is 25.9 Å². The summed E-state index contributed by atoms with van der Waals surface area (Å²) in [4.78, 5) is 22.0. The van der Waals surface area contributed by atoms with Crippen molar-refractivity contribution in [1.82, 2.24) is 20.3 Å². The number of hydrogen-bond acceptors (Lipinski definition) is 5. The summed E-state index contributed by atoms with van der Waals surface area (Å²) in [5.41, 5.74) is 0.320. The smallest absolute Gasteiger partial charge is 0.309 e. The molecule has 0 aromatic carbocycles. The minimum absolute atomic E-state index is 0.000668. The van der Waals surface area contributed by atoms with Gasteiger partial charge in [0.1, 0.15) is 6.54 Å². The molecule has 1 aromatic heterocycles. The van der Waals surface area contributed by atoms with E-state index in [-0.39, 0.29) is 24.9 Å². The Morgan fingerprint density at radius 3 is 2.94 bits per heavy atom. The normalized spacial score (nSPS) is 12.1. The van der Waals surface area contributed by atoms with Gasteiger partial charge in [0, 0.05) is 19.3 Å². The van der Waals surface area contributed by atoms with Gasteiger partial charge < -0.3 is 15.2 Å². The molecule has 0 saturated heterocycles. The Hall–Kier alpha value is -1.96. The van der Waals surface area contributed by atoms with Gasteiger partial charge in [0.05, 0.1) is 18.7 Å². The first-order chi connectivity index (χ1) is 8.51. The molecule has 0 aliphatic carbocycles. The van der Waals surface area contributed by atoms with E-state index in [4.69, 9.17) is 9.84 Å². The number of ether oxygens (including phenoxy) is 1. The highest BCUT2D eigenvalue weighted by atomic mass is 16.5. The maximum Gasteiger partial charge on any atom is 0.309 e. The zero-order chi connectivity index (χ0) is 13.5. The van der Waals surface area contributed by atoms with Crippen LogP contribution in [0.3, 0.4) is 0 Å². The third-order valence-electron chi connectivity index (χ3n) is 2.05. The molecular formula is C10H16N4O4. The predicted octanol–water partition coefficient (Wildman–Crippen LogP) is -0.944. The maximum atomic E-state index is 11.6. The third-order valence-corrected chi connectivity index (χ3v) is 2.05. The lowest BCUT2D eigenvalue weighted by Crippen LogP contribution is -2.37. The Kier molecular flexibility index (Phi) is 5.25. The van der Waals surface area contributed by atoms with E-state index in [2.05, 4.69) is 15.6 Å². The molecule has 1 atom stereocenters. The van der Waals surface area contributed by atoms with Gasteiger partial charge in [-0.05, 0) is 6.92 Å². The van der Waals surface area contributed by atoms with Crippen molar-refractivity contribution in [3.8, 4) is 0 Å². The van der Waals surface area contributed by atoms with Crippen molar-refractivity contribution < 1.29 is 19.4 Å². The summed E-state index contributed by atoms with van der Waals surface area (Å²) in [6.07, 6.45) is 1.23. The van der Waals surface area contributed by atoms with Crippen LogP contribution in [-0.2, 0) is 27.3 Å². The molecular weight excluding hydrogens is 240 g/mol. The number of carboxylic acids is 1. The zero-order valence-corrected chi connectivity index (χ0v) is 10.3. The number of carbonyl (C=O) groups excluding carboxylic acids is 1. The van der Waals surface area contributed by atoms with Gasteiger partial charge in [-0.2, -0.15) is 0 Å². The Labute approximate surface area is 104 Å². The zero-order valence-electron chi connectivity index (χ0n) is 10.3. The van der Waals surface area contributed by atoms with Crippen LogP contribution in [0.1, 0.15) is 12.6 Å². The Morgan fingerprint density at radius 1 is 1.61 bits per heavy atom. The minimum Gasteiger partial charge on any atom is -0.481 e. The number of aromatic nitrogens is 3. The number of carbonyl (C=O) groups is 2. The summed E-state index contributed by atoms with van der Waals surface area (Å²) in [6, 6.07) is -0.0930. The molecule has 1 heterocycles. The monoisotopic (exact) mass is 256 g/mol. The number of amides is 1. The molecule has 0 fully saturated rings. The summed E-state index contributed by atoms with van der Waals surface area (Å²) in [7, 11) is 1.55. The second kappa shape index (κ2) is 6.70. The highest BCUT2D eigenvalue weighted by Crippen LogP contribution is 1.95. The first kappa shape index (κ1) is 14.1. The number of carboxylic acid groups (broad SMARTS) is 1. The van der Waals surface area contributed by atoms with E-state index in [0.29, 0.717) is 12.3 Å². The fourth-order valence-corrected chi connectivity index (χ4v) is 1.41. The number of nitrogens with zero attached hydrogens (tertiary/aromatic N) is 3. The average molecular weight is 256 g/mol. The highest BCUT2D eigenvalue weighted by molar-refractivity contribution is 5.76. The van der Waals surface area contributed by atoms with Crippen LogP contribution in [0.2, 0.25) is 0 Å². The van der Waals surface area contributed by atoms with Gasteiger partial charge in [-0.25, -0.2) is 4.68 Å². The van der Waals surface area contributed by atoms with E-state index in [9.17, 15) is 9.59 Å². The fraction of sp³-hybridized carbons (Fsp3) is 0.600. The van der Waals surface area contributed by atoms with Gasteiger partial charge in [-0.1, -0.05) is 5.21 Å². The molecule has 1 aromatic rings. The lowest BCUT2D eigenvalue weighted by molar-refractivity contribution is -0.136.